The van der Waals surface area contributed by atoms with Crippen LogP contribution in [0.4, 0.5) is 0 Å². The highest BCUT2D eigenvalue weighted by Gasteiger charge is 2.27. The van der Waals surface area contributed by atoms with Gasteiger partial charge in [-0.05, 0) is 18.1 Å². The second-order valence-corrected chi connectivity index (χ2v) is 5.58. The van der Waals surface area contributed by atoms with Gasteiger partial charge in [0.25, 0.3) is 0 Å². The van der Waals surface area contributed by atoms with Gasteiger partial charge in [0.05, 0.1) is 25.4 Å². The Labute approximate surface area is 120 Å². The molecule has 0 bridgehead atoms. The van der Waals surface area contributed by atoms with Crippen LogP contribution in [0.5, 0.6) is 5.75 Å². The highest BCUT2D eigenvalue weighted by molar-refractivity contribution is 5.42. The van der Waals surface area contributed by atoms with Gasteiger partial charge in [0.1, 0.15) is 18.5 Å². The number of rotatable bonds is 8. The Morgan fingerprint density at radius 3 is 2.55 bits per heavy atom. The van der Waals surface area contributed by atoms with Gasteiger partial charge in [-0.1, -0.05) is 18.2 Å². The molecule has 0 aliphatic carbocycles. The van der Waals surface area contributed by atoms with E-state index in [2.05, 4.69) is 25.1 Å². The predicted octanol–water partition coefficient (Wildman–Crippen LogP) is 1.98. The average Bonchev–Trinajstić information content (AvgIpc) is 3.32. The molecule has 0 spiro atoms. The first-order chi connectivity index (χ1) is 9.76. The summed E-state index contributed by atoms with van der Waals surface area (Å²) in [6.07, 6.45) is 2.60. The third-order valence-corrected chi connectivity index (χ3v) is 3.75. The third kappa shape index (κ3) is 3.72. The van der Waals surface area contributed by atoms with Gasteiger partial charge in [-0.2, -0.15) is 0 Å². The summed E-state index contributed by atoms with van der Waals surface area (Å²) in [4.78, 5) is 0. The molecule has 1 aromatic rings. The maximum absolute atomic E-state index is 6.03. The van der Waals surface area contributed by atoms with Crippen LogP contribution in [0.3, 0.4) is 0 Å². The smallest absolute Gasteiger partial charge is 0.126 e. The quantitative estimate of drug-likeness (QED) is 0.682. The van der Waals surface area contributed by atoms with Crippen molar-refractivity contribution in [1.29, 1.82) is 0 Å². The first-order valence-corrected chi connectivity index (χ1v) is 7.26. The minimum Gasteiger partial charge on any atom is -0.490 e. The Balaban J connectivity index is 1.77. The Kier molecular flexibility index (Phi) is 4.24. The van der Waals surface area contributed by atoms with Crippen LogP contribution in [0.1, 0.15) is 18.1 Å². The van der Waals surface area contributed by atoms with E-state index in [1.807, 2.05) is 0 Å². The second-order valence-electron chi connectivity index (χ2n) is 5.58. The molecule has 2 fully saturated rings. The van der Waals surface area contributed by atoms with Crippen molar-refractivity contribution in [2.24, 2.45) is 0 Å². The van der Waals surface area contributed by atoms with Crippen LogP contribution < -0.4 is 4.74 Å². The van der Waals surface area contributed by atoms with E-state index in [1.54, 1.807) is 7.11 Å². The third-order valence-electron chi connectivity index (χ3n) is 3.75. The Morgan fingerprint density at radius 1 is 1.20 bits per heavy atom. The molecule has 0 saturated carbocycles. The number of epoxide rings is 2. The fourth-order valence-corrected chi connectivity index (χ4v) is 2.31. The molecule has 4 nitrogen and oxygen atoms in total. The van der Waals surface area contributed by atoms with Gasteiger partial charge in [-0.3, -0.25) is 0 Å². The van der Waals surface area contributed by atoms with Crippen LogP contribution in [0.25, 0.3) is 0 Å². The van der Waals surface area contributed by atoms with E-state index < -0.39 is 0 Å². The Hall–Kier alpha value is -1.10. The summed E-state index contributed by atoms with van der Waals surface area (Å²) in [5.74, 6) is 1.00. The summed E-state index contributed by atoms with van der Waals surface area (Å²) in [5.41, 5.74) is 2.44. The Bertz CT molecular complexity index is 452. The van der Waals surface area contributed by atoms with E-state index >= 15 is 0 Å². The lowest BCUT2D eigenvalue weighted by atomic mass is 10.0. The number of benzene rings is 1. The van der Waals surface area contributed by atoms with Gasteiger partial charge < -0.3 is 18.9 Å². The zero-order valence-corrected chi connectivity index (χ0v) is 12.1. The van der Waals surface area contributed by atoms with Crippen LogP contribution in [0.15, 0.2) is 18.2 Å². The predicted molar refractivity (Wildman–Crippen MR) is 75.3 cm³/mol. The number of methoxy groups -OCH3 is 1. The van der Waals surface area contributed by atoms with Crippen LogP contribution in [0.2, 0.25) is 0 Å². The summed E-state index contributed by atoms with van der Waals surface area (Å²) in [6, 6.07) is 6.34. The minimum absolute atomic E-state index is 0.182. The van der Waals surface area contributed by atoms with Crippen molar-refractivity contribution in [3.05, 3.63) is 29.3 Å². The molecule has 0 aromatic heterocycles. The summed E-state index contributed by atoms with van der Waals surface area (Å²) >= 11 is 0. The van der Waals surface area contributed by atoms with Crippen LogP contribution in [-0.2, 0) is 27.1 Å². The van der Waals surface area contributed by atoms with Crippen molar-refractivity contribution in [2.45, 2.75) is 38.1 Å². The molecule has 2 aliphatic rings. The second kappa shape index (κ2) is 6.12. The highest BCUT2D eigenvalue weighted by atomic mass is 16.6. The van der Waals surface area contributed by atoms with Crippen molar-refractivity contribution in [2.75, 3.05) is 26.9 Å². The summed E-state index contributed by atoms with van der Waals surface area (Å²) in [7, 11) is 1.74. The molecule has 0 N–H and O–H groups in total. The molecule has 110 valence electrons. The maximum Gasteiger partial charge on any atom is 0.126 e. The SMILES string of the molecule is COC(C)Cc1cccc(CC2CO2)c1OCC1CO1. The molecule has 3 unspecified atom stereocenters. The number of para-hydroxylation sites is 1. The zero-order valence-electron chi connectivity index (χ0n) is 12.1. The number of hydrogen-bond donors (Lipinski definition) is 0. The van der Waals surface area contributed by atoms with E-state index in [9.17, 15) is 0 Å². The van der Waals surface area contributed by atoms with Crippen LogP contribution in [-0.4, -0.2) is 45.2 Å². The van der Waals surface area contributed by atoms with E-state index in [-0.39, 0.29) is 12.2 Å². The fraction of sp³-hybridized carbons (Fsp3) is 0.625. The molecule has 2 aliphatic heterocycles. The topological polar surface area (TPSA) is 43.5 Å². The molecule has 4 heteroatoms. The molecule has 0 amide bonds. The minimum atomic E-state index is 0.182. The lowest BCUT2D eigenvalue weighted by Crippen LogP contribution is -2.13. The van der Waals surface area contributed by atoms with Gasteiger partial charge in [0.15, 0.2) is 0 Å². The molecule has 2 heterocycles. The number of ether oxygens (including phenoxy) is 4. The molecule has 0 radical (unpaired) electrons. The van der Waals surface area contributed by atoms with E-state index in [4.69, 9.17) is 18.9 Å². The van der Waals surface area contributed by atoms with Gasteiger partial charge >= 0.3 is 0 Å². The molecule has 20 heavy (non-hydrogen) atoms. The average molecular weight is 278 g/mol. The van der Waals surface area contributed by atoms with Crippen LogP contribution in [0, 0.1) is 0 Å². The lowest BCUT2D eigenvalue weighted by Gasteiger charge is -2.17. The molecule has 1 aromatic carbocycles. The molecular formula is C16H22O4. The first-order valence-electron chi connectivity index (χ1n) is 7.26. The maximum atomic E-state index is 6.03. The molecular weight excluding hydrogens is 256 g/mol. The lowest BCUT2D eigenvalue weighted by molar-refractivity contribution is 0.117. The summed E-state index contributed by atoms with van der Waals surface area (Å²) in [5, 5.41) is 0. The van der Waals surface area contributed by atoms with Crippen molar-refractivity contribution in [1.82, 2.24) is 0 Å². The fourth-order valence-electron chi connectivity index (χ4n) is 2.31. The molecule has 2 saturated heterocycles. The van der Waals surface area contributed by atoms with Crippen molar-refractivity contribution < 1.29 is 18.9 Å². The van der Waals surface area contributed by atoms with Crippen LogP contribution >= 0.6 is 0 Å². The largest absolute Gasteiger partial charge is 0.490 e. The summed E-state index contributed by atoms with van der Waals surface area (Å²) in [6.45, 7) is 4.39. The van der Waals surface area contributed by atoms with E-state index in [0.29, 0.717) is 12.7 Å². The van der Waals surface area contributed by atoms with Crippen molar-refractivity contribution >= 4 is 0 Å². The van der Waals surface area contributed by atoms with Gasteiger partial charge in [0.2, 0.25) is 0 Å². The molecule has 3 rings (SSSR count). The normalized spacial score (nSPS) is 25.3. The van der Waals surface area contributed by atoms with Gasteiger partial charge in [-0.25, -0.2) is 0 Å². The monoisotopic (exact) mass is 278 g/mol. The standard InChI is InChI=1S/C16H22O4/c1-11(17-2)6-12-4-3-5-13(7-14-8-18-14)16(12)20-10-15-9-19-15/h3-5,11,14-15H,6-10H2,1-2H3. The van der Waals surface area contributed by atoms with Crippen molar-refractivity contribution in [3.8, 4) is 5.75 Å². The van der Waals surface area contributed by atoms with E-state index in [1.165, 1.54) is 11.1 Å². The van der Waals surface area contributed by atoms with Crippen molar-refractivity contribution in [3.63, 3.8) is 0 Å². The first kappa shape index (κ1) is 13.9. The summed E-state index contributed by atoms with van der Waals surface area (Å²) < 4.78 is 22.0. The number of hydrogen-bond acceptors (Lipinski definition) is 4. The Morgan fingerprint density at radius 2 is 1.90 bits per heavy atom. The highest BCUT2D eigenvalue weighted by Crippen LogP contribution is 2.30. The van der Waals surface area contributed by atoms with Gasteiger partial charge in [-0.15, -0.1) is 0 Å². The zero-order chi connectivity index (χ0) is 13.9. The molecule has 3 atom stereocenters. The van der Waals surface area contributed by atoms with E-state index in [0.717, 1.165) is 31.8 Å². The van der Waals surface area contributed by atoms with Gasteiger partial charge in [0, 0.05) is 20.0 Å².